The Balaban J connectivity index is 1.23. The van der Waals surface area contributed by atoms with Crippen molar-refractivity contribution in [3.63, 3.8) is 0 Å². The number of rotatable bonds is 4. The molecule has 29 heavy (non-hydrogen) atoms. The van der Waals surface area contributed by atoms with Gasteiger partial charge in [-0.1, -0.05) is 6.07 Å². The summed E-state index contributed by atoms with van der Waals surface area (Å²) < 4.78 is 12.9. The van der Waals surface area contributed by atoms with E-state index in [9.17, 15) is 4.79 Å². The highest BCUT2D eigenvalue weighted by molar-refractivity contribution is 6.05. The maximum atomic E-state index is 13.6. The lowest BCUT2D eigenvalue weighted by Gasteiger charge is -2.28. The number of hydrogen-bond acceptors (Lipinski definition) is 4. The van der Waals surface area contributed by atoms with Gasteiger partial charge in [0.15, 0.2) is 17.3 Å². The summed E-state index contributed by atoms with van der Waals surface area (Å²) in [6, 6.07) is 8.42. The highest BCUT2D eigenvalue weighted by atomic mass is 16.7. The molecule has 3 aliphatic rings. The molecule has 6 rings (SSSR count). The predicted molar refractivity (Wildman–Crippen MR) is 109 cm³/mol. The van der Waals surface area contributed by atoms with Crippen molar-refractivity contribution in [1.82, 2.24) is 9.38 Å². The summed E-state index contributed by atoms with van der Waals surface area (Å²) in [4.78, 5) is 17.9. The number of ketones is 1. The smallest absolute Gasteiger partial charge is 0.231 e. The molecule has 2 aromatic heterocycles. The molecule has 0 N–H and O–H groups in total. The van der Waals surface area contributed by atoms with E-state index in [1.54, 1.807) is 6.33 Å². The van der Waals surface area contributed by atoms with Gasteiger partial charge in [-0.05, 0) is 79.7 Å². The van der Waals surface area contributed by atoms with Crippen LogP contribution in [0.5, 0.6) is 11.5 Å². The van der Waals surface area contributed by atoms with Gasteiger partial charge >= 0.3 is 0 Å². The molecular formula is C24H24N2O3. The van der Waals surface area contributed by atoms with Gasteiger partial charge in [-0.3, -0.25) is 4.79 Å². The number of aromatic nitrogens is 2. The van der Waals surface area contributed by atoms with E-state index >= 15 is 0 Å². The normalized spacial score (nSPS) is 23.4. The fourth-order valence-corrected chi connectivity index (χ4v) is 5.07. The van der Waals surface area contributed by atoms with Gasteiger partial charge in [0, 0.05) is 17.7 Å². The average Bonchev–Trinajstić information content (AvgIpc) is 3.30. The predicted octanol–water partition coefficient (Wildman–Crippen LogP) is 5.10. The van der Waals surface area contributed by atoms with Crippen LogP contribution >= 0.6 is 0 Å². The molecule has 1 aliphatic heterocycles. The van der Waals surface area contributed by atoms with E-state index in [1.807, 2.05) is 22.9 Å². The quantitative estimate of drug-likeness (QED) is 0.584. The average molecular weight is 388 g/mol. The first-order valence-electron chi connectivity index (χ1n) is 10.7. The number of Topliss-reactive ketones (excluding diaryl/α,β-unsaturated/α-hetero) is 1. The number of fused-ring (bicyclic) bond motifs is 2. The Kier molecular flexibility index (Phi) is 3.89. The second-order valence-electron chi connectivity index (χ2n) is 8.63. The van der Waals surface area contributed by atoms with Gasteiger partial charge in [0.2, 0.25) is 6.79 Å². The number of pyridine rings is 1. The standard InChI is InChI=1S/C24H24N2O3/c27-24(23-19(16-3-4-16)9-10-26-13-25-12-20(23)26)17-5-1-15(2-6-17)18-7-8-21-22(11-18)29-14-28-21/h7-13,15-17H,1-6,14H2. The molecule has 0 atom stereocenters. The molecule has 0 unspecified atom stereocenters. The van der Waals surface area contributed by atoms with E-state index in [2.05, 4.69) is 23.2 Å². The first kappa shape index (κ1) is 17.1. The molecule has 3 heterocycles. The third-order valence-electron chi connectivity index (χ3n) is 6.86. The van der Waals surface area contributed by atoms with Crippen LogP contribution in [0.4, 0.5) is 0 Å². The van der Waals surface area contributed by atoms with E-state index in [0.29, 0.717) is 24.4 Å². The Morgan fingerprint density at radius 2 is 1.76 bits per heavy atom. The van der Waals surface area contributed by atoms with Crippen molar-refractivity contribution >= 4 is 11.3 Å². The Hall–Kier alpha value is -2.82. The van der Waals surface area contributed by atoms with E-state index < -0.39 is 0 Å². The first-order valence-corrected chi connectivity index (χ1v) is 10.7. The van der Waals surface area contributed by atoms with Crippen LogP contribution in [0.2, 0.25) is 0 Å². The van der Waals surface area contributed by atoms with Crippen molar-refractivity contribution in [2.45, 2.75) is 50.4 Å². The fourth-order valence-electron chi connectivity index (χ4n) is 5.07. The van der Waals surface area contributed by atoms with E-state index in [1.165, 1.54) is 24.0 Å². The minimum absolute atomic E-state index is 0.110. The molecular weight excluding hydrogens is 364 g/mol. The number of ether oxygens (including phenoxy) is 2. The molecule has 0 radical (unpaired) electrons. The highest BCUT2D eigenvalue weighted by Gasteiger charge is 2.34. The fraction of sp³-hybridized carbons (Fsp3) is 0.417. The maximum absolute atomic E-state index is 13.6. The molecule has 2 aliphatic carbocycles. The summed E-state index contributed by atoms with van der Waals surface area (Å²) in [5, 5.41) is 0. The van der Waals surface area contributed by atoms with Crippen LogP contribution in [-0.2, 0) is 0 Å². The molecule has 1 aromatic carbocycles. The van der Waals surface area contributed by atoms with Crippen molar-refractivity contribution in [2.75, 3.05) is 6.79 Å². The van der Waals surface area contributed by atoms with Gasteiger partial charge in [0.05, 0.1) is 18.0 Å². The van der Waals surface area contributed by atoms with Crippen molar-refractivity contribution < 1.29 is 14.3 Å². The minimum atomic E-state index is 0.110. The minimum Gasteiger partial charge on any atom is -0.454 e. The second-order valence-corrected chi connectivity index (χ2v) is 8.63. The Labute approximate surface area is 169 Å². The van der Waals surface area contributed by atoms with Crippen molar-refractivity contribution in [2.24, 2.45) is 5.92 Å². The number of hydrogen-bond donors (Lipinski definition) is 0. The van der Waals surface area contributed by atoms with Crippen molar-refractivity contribution in [3.8, 4) is 11.5 Å². The van der Waals surface area contributed by atoms with Crippen LogP contribution in [0.3, 0.4) is 0 Å². The molecule has 0 amide bonds. The molecule has 5 heteroatoms. The highest BCUT2D eigenvalue weighted by Crippen LogP contribution is 2.45. The van der Waals surface area contributed by atoms with Gasteiger partial charge in [0.1, 0.15) is 0 Å². The lowest BCUT2D eigenvalue weighted by atomic mass is 9.75. The zero-order valence-corrected chi connectivity index (χ0v) is 16.3. The van der Waals surface area contributed by atoms with Crippen LogP contribution in [0.15, 0.2) is 43.0 Å². The number of carbonyl (C=O) groups excluding carboxylic acids is 1. The van der Waals surface area contributed by atoms with Crippen LogP contribution in [-0.4, -0.2) is 22.0 Å². The summed E-state index contributed by atoms with van der Waals surface area (Å²) >= 11 is 0. The summed E-state index contributed by atoms with van der Waals surface area (Å²) in [6.07, 6.45) is 12.0. The van der Waals surface area contributed by atoms with Crippen molar-refractivity contribution in [1.29, 1.82) is 0 Å². The van der Waals surface area contributed by atoms with Gasteiger partial charge in [-0.25, -0.2) is 4.98 Å². The van der Waals surface area contributed by atoms with Crippen LogP contribution in [0.1, 0.15) is 71.8 Å². The molecule has 3 aromatic rings. The molecule has 0 spiro atoms. The molecule has 0 saturated heterocycles. The first-order chi connectivity index (χ1) is 14.3. The lowest BCUT2D eigenvalue weighted by molar-refractivity contribution is 0.0884. The Morgan fingerprint density at radius 1 is 0.966 bits per heavy atom. The Bertz CT molecular complexity index is 1090. The Morgan fingerprint density at radius 3 is 2.59 bits per heavy atom. The van der Waals surface area contributed by atoms with Gasteiger partial charge in [0.25, 0.3) is 0 Å². The zero-order chi connectivity index (χ0) is 19.4. The molecule has 2 fully saturated rings. The van der Waals surface area contributed by atoms with Crippen LogP contribution < -0.4 is 9.47 Å². The third kappa shape index (κ3) is 2.91. The number of imidazole rings is 1. The van der Waals surface area contributed by atoms with Crippen LogP contribution in [0, 0.1) is 5.92 Å². The van der Waals surface area contributed by atoms with Crippen molar-refractivity contribution in [3.05, 3.63) is 59.7 Å². The summed E-state index contributed by atoms with van der Waals surface area (Å²) in [5.74, 6) is 3.16. The van der Waals surface area contributed by atoms with E-state index in [4.69, 9.17) is 9.47 Å². The molecule has 5 nitrogen and oxygen atoms in total. The summed E-state index contributed by atoms with van der Waals surface area (Å²) in [6.45, 7) is 0.309. The summed E-state index contributed by atoms with van der Waals surface area (Å²) in [7, 11) is 0. The third-order valence-corrected chi connectivity index (χ3v) is 6.86. The number of carbonyl (C=O) groups is 1. The monoisotopic (exact) mass is 388 g/mol. The SMILES string of the molecule is O=C(c1c(C2CC2)ccn2cncc12)C1CCC(c2ccc3c(c2)OCO3)CC1. The van der Waals surface area contributed by atoms with E-state index in [0.717, 1.165) is 48.3 Å². The largest absolute Gasteiger partial charge is 0.454 e. The molecule has 0 bridgehead atoms. The topological polar surface area (TPSA) is 52.8 Å². The molecule has 148 valence electrons. The van der Waals surface area contributed by atoms with Crippen LogP contribution in [0.25, 0.3) is 5.52 Å². The zero-order valence-electron chi connectivity index (χ0n) is 16.3. The lowest BCUT2D eigenvalue weighted by Crippen LogP contribution is -2.23. The van der Waals surface area contributed by atoms with Gasteiger partial charge < -0.3 is 13.9 Å². The molecule has 2 saturated carbocycles. The summed E-state index contributed by atoms with van der Waals surface area (Å²) in [5.41, 5.74) is 4.44. The number of benzene rings is 1. The van der Waals surface area contributed by atoms with Gasteiger partial charge in [-0.15, -0.1) is 0 Å². The maximum Gasteiger partial charge on any atom is 0.231 e. The van der Waals surface area contributed by atoms with E-state index in [-0.39, 0.29) is 5.92 Å². The second kappa shape index (κ2) is 6.61. The van der Waals surface area contributed by atoms with Gasteiger partial charge in [-0.2, -0.15) is 0 Å². The number of nitrogens with zero attached hydrogens (tertiary/aromatic N) is 2.